The molecule has 0 spiro atoms. The third-order valence-corrected chi connectivity index (χ3v) is 9.51. The Morgan fingerprint density at radius 1 is 0.778 bits per heavy atom. The molecule has 3 aromatic carbocycles. The number of rotatable bonds is 8. The van der Waals surface area contributed by atoms with E-state index in [0.717, 1.165) is 0 Å². The van der Waals surface area contributed by atoms with E-state index in [4.69, 9.17) is 23.7 Å². The van der Waals surface area contributed by atoms with Gasteiger partial charge in [0.25, 0.3) is 0 Å². The van der Waals surface area contributed by atoms with E-state index in [2.05, 4.69) is 15.5 Å². The van der Waals surface area contributed by atoms with Gasteiger partial charge in [-0.2, -0.15) is 4.90 Å². The van der Waals surface area contributed by atoms with E-state index >= 15 is 0 Å². The van der Waals surface area contributed by atoms with Gasteiger partial charge in [0, 0.05) is 22.9 Å². The van der Waals surface area contributed by atoms with Crippen LogP contribution in [-0.2, 0) is 19.3 Å². The number of anilines is 2. The largest absolute Gasteiger partial charge is 0.443 e. The fourth-order valence-corrected chi connectivity index (χ4v) is 5.85. The maximum atomic E-state index is 13.6. The van der Waals surface area contributed by atoms with Crippen molar-refractivity contribution in [2.24, 2.45) is 0 Å². The highest BCUT2D eigenvalue weighted by Crippen LogP contribution is 2.35. The minimum absolute atomic E-state index is 0.0270. The number of aromatic nitrogens is 3. The van der Waals surface area contributed by atoms with Crippen LogP contribution in [0.1, 0.15) is 55.4 Å². The molecule has 2 aromatic heterocycles. The Labute approximate surface area is 313 Å². The molecule has 0 aliphatic rings. The predicted molar refractivity (Wildman–Crippen MR) is 202 cm³/mol. The number of hydrogen-bond donors (Lipinski definition) is 1. The SMILES string of the molecule is CC(C)S(=O)(=O)c1ccc(-c2cnc(N(C(=O)OC(C)(C)C)C(=O)OC(C)(C)C)c(-c3cc(-c4ccc(NC(=O)Oc5ccccc5)cc4)no3)n2)cc1. The normalized spacial score (nSPS) is 11.9. The van der Waals surface area contributed by atoms with E-state index in [1.165, 1.54) is 18.3 Å². The minimum atomic E-state index is -3.54. The Bertz CT molecular complexity index is 2210. The smallest absolute Gasteiger partial charge is 0.425 e. The van der Waals surface area contributed by atoms with Gasteiger partial charge in [-0.25, -0.2) is 32.8 Å². The van der Waals surface area contributed by atoms with Crippen molar-refractivity contribution in [3.63, 3.8) is 0 Å². The molecule has 3 amide bonds. The summed E-state index contributed by atoms with van der Waals surface area (Å²) in [5.74, 6) is 0.154. The van der Waals surface area contributed by atoms with Crippen LogP contribution in [0.15, 0.2) is 101 Å². The molecule has 0 bridgehead atoms. The molecule has 282 valence electrons. The molecule has 0 fully saturated rings. The average Bonchev–Trinajstić information content (AvgIpc) is 3.58. The van der Waals surface area contributed by atoms with Gasteiger partial charge in [0.1, 0.15) is 22.6 Å². The number of nitrogens with zero attached hydrogens (tertiary/aromatic N) is 4. The standard InChI is InChI=1S/C39H41N5O9S/c1-24(2)54(48,49)29-20-16-26(17-21-29)31-23-40-34(44(36(46)51-38(3,4)5)37(47)52-39(6,7)8)33(42-31)32-22-30(43-53-32)25-14-18-27(19-15-25)41-35(45)50-28-12-10-9-11-13-28/h9-24H,1-8H3,(H,41,45). The fraction of sp³-hybridized carbons (Fsp3) is 0.282. The van der Waals surface area contributed by atoms with Crippen LogP contribution in [0.2, 0.25) is 0 Å². The molecule has 0 radical (unpaired) electrons. The minimum Gasteiger partial charge on any atom is -0.443 e. The number of carbonyl (C=O) groups excluding carboxylic acids is 3. The van der Waals surface area contributed by atoms with E-state index in [0.29, 0.717) is 33.2 Å². The summed E-state index contributed by atoms with van der Waals surface area (Å²) in [4.78, 5) is 49.7. The van der Waals surface area contributed by atoms with Crippen molar-refractivity contribution >= 4 is 39.6 Å². The zero-order chi connectivity index (χ0) is 39.4. The lowest BCUT2D eigenvalue weighted by molar-refractivity contribution is 0.0429. The van der Waals surface area contributed by atoms with Gasteiger partial charge in [-0.05, 0) is 91.8 Å². The zero-order valence-electron chi connectivity index (χ0n) is 31.1. The van der Waals surface area contributed by atoms with Crippen molar-refractivity contribution in [3.8, 4) is 39.7 Å². The number of carbonyl (C=O) groups is 3. The first-order chi connectivity index (χ1) is 25.3. The van der Waals surface area contributed by atoms with Crippen molar-refractivity contribution in [3.05, 3.63) is 91.1 Å². The lowest BCUT2D eigenvalue weighted by atomic mass is 10.1. The molecule has 1 N–H and O–H groups in total. The number of amides is 3. The number of ether oxygens (including phenoxy) is 3. The van der Waals surface area contributed by atoms with E-state index in [-0.39, 0.29) is 27.9 Å². The number of imide groups is 1. The molecule has 0 unspecified atom stereocenters. The molecule has 15 heteroatoms. The maximum absolute atomic E-state index is 13.6. The van der Waals surface area contributed by atoms with Crippen LogP contribution in [0, 0.1) is 0 Å². The van der Waals surface area contributed by atoms with Crippen LogP contribution < -0.4 is 15.0 Å². The van der Waals surface area contributed by atoms with Gasteiger partial charge < -0.3 is 18.7 Å². The Hall–Kier alpha value is -6.09. The highest BCUT2D eigenvalue weighted by molar-refractivity contribution is 7.92. The van der Waals surface area contributed by atoms with Crippen LogP contribution in [0.4, 0.5) is 25.9 Å². The second kappa shape index (κ2) is 15.5. The number of hydrogen-bond acceptors (Lipinski definition) is 12. The van der Waals surface area contributed by atoms with Crippen molar-refractivity contribution in [1.82, 2.24) is 15.1 Å². The van der Waals surface area contributed by atoms with Gasteiger partial charge in [0.2, 0.25) is 0 Å². The molecule has 5 aromatic rings. The van der Waals surface area contributed by atoms with Crippen molar-refractivity contribution in [1.29, 1.82) is 0 Å². The summed E-state index contributed by atoms with van der Waals surface area (Å²) in [5, 5.41) is 6.25. The maximum Gasteiger partial charge on any atom is 0.425 e. The van der Waals surface area contributed by atoms with Gasteiger partial charge in [0.15, 0.2) is 27.1 Å². The first-order valence-electron chi connectivity index (χ1n) is 16.9. The van der Waals surface area contributed by atoms with Gasteiger partial charge >= 0.3 is 18.3 Å². The first-order valence-corrected chi connectivity index (χ1v) is 18.4. The van der Waals surface area contributed by atoms with Crippen molar-refractivity contribution in [2.45, 2.75) is 76.7 Å². The Morgan fingerprint density at radius 2 is 1.33 bits per heavy atom. The van der Waals surface area contributed by atoms with Crippen molar-refractivity contribution < 1.29 is 41.5 Å². The van der Waals surface area contributed by atoms with Crippen LogP contribution in [0.5, 0.6) is 5.75 Å². The van der Waals surface area contributed by atoms with Gasteiger partial charge in [-0.15, -0.1) is 0 Å². The third kappa shape index (κ3) is 9.66. The first kappa shape index (κ1) is 39.1. The number of nitrogens with one attached hydrogen (secondary N) is 1. The molecule has 0 aliphatic heterocycles. The van der Waals surface area contributed by atoms with Crippen molar-refractivity contribution in [2.75, 3.05) is 10.2 Å². The molecule has 0 saturated carbocycles. The summed E-state index contributed by atoms with van der Waals surface area (Å²) in [6.07, 6.45) is -1.48. The van der Waals surface area contributed by atoms with Crippen LogP contribution >= 0.6 is 0 Å². The molecular weight excluding hydrogens is 715 g/mol. The Balaban J connectivity index is 1.54. The van der Waals surface area contributed by atoms with Crippen LogP contribution in [0.25, 0.3) is 34.0 Å². The lowest BCUT2D eigenvalue weighted by Crippen LogP contribution is -2.44. The van der Waals surface area contributed by atoms with Crippen LogP contribution in [-0.4, -0.2) is 58.3 Å². The quantitative estimate of drug-likeness (QED) is 0.159. The monoisotopic (exact) mass is 755 g/mol. The molecule has 54 heavy (non-hydrogen) atoms. The van der Waals surface area contributed by atoms with E-state index < -0.39 is 44.6 Å². The molecule has 2 heterocycles. The molecule has 0 atom stereocenters. The van der Waals surface area contributed by atoms with Gasteiger partial charge in [0.05, 0.1) is 22.0 Å². The van der Waals surface area contributed by atoms with E-state index in [1.54, 1.807) is 122 Å². The molecule has 5 rings (SSSR count). The fourth-order valence-electron chi connectivity index (χ4n) is 4.79. The Morgan fingerprint density at radius 3 is 1.89 bits per heavy atom. The van der Waals surface area contributed by atoms with E-state index in [1.807, 2.05) is 6.07 Å². The van der Waals surface area contributed by atoms with Gasteiger partial charge in [-0.3, -0.25) is 5.32 Å². The summed E-state index contributed by atoms with van der Waals surface area (Å²) in [7, 11) is -3.54. The molecule has 14 nitrogen and oxygen atoms in total. The summed E-state index contributed by atoms with van der Waals surface area (Å²) < 4.78 is 47.7. The number of sulfone groups is 1. The molecule has 0 aliphatic carbocycles. The summed E-state index contributed by atoms with van der Waals surface area (Å²) in [6.45, 7) is 13.1. The molecular formula is C39H41N5O9S. The topological polar surface area (TPSA) is 180 Å². The zero-order valence-corrected chi connectivity index (χ0v) is 31.9. The highest BCUT2D eigenvalue weighted by atomic mass is 32.2. The van der Waals surface area contributed by atoms with Gasteiger partial charge in [-0.1, -0.05) is 47.6 Å². The number of para-hydroxylation sites is 1. The second-order valence-electron chi connectivity index (χ2n) is 14.3. The Kier molecular flexibility index (Phi) is 11.2. The number of benzene rings is 3. The molecule has 0 saturated heterocycles. The van der Waals surface area contributed by atoms with E-state index in [9.17, 15) is 22.8 Å². The summed E-state index contributed by atoms with van der Waals surface area (Å²) >= 11 is 0. The summed E-state index contributed by atoms with van der Waals surface area (Å²) in [6, 6.07) is 23.0. The summed E-state index contributed by atoms with van der Waals surface area (Å²) in [5.41, 5.74) is 0.106. The average molecular weight is 756 g/mol. The highest BCUT2D eigenvalue weighted by Gasteiger charge is 2.37. The second-order valence-corrected chi connectivity index (χ2v) is 16.8. The lowest BCUT2D eigenvalue weighted by Gasteiger charge is -2.28. The predicted octanol–water partition coefficient (Wildman–Crippen LogP) is 8.94. The third-order valence-electron chi connectivity index (χ3n) is 7.34. The van der Waals surface area contributed by atoms with Crippen LogP contribution in [0.3, 0.4) is 0 Å².